The summed E-state index contributed by atoms with van der Waals surface area (Å²) in [6.45, 7) is 0.142. The maximum absolute atomic E-state index is 10.6. The highest BCUT2D eigenvalue weighted by atomic mass is 35.5. The molecule has 0 atom stereocenters. The first-order valence-corrected chi connectivity index (χ1v) is 5.87. The van der Waals surface area contributed by atoms with Gasteiger partial charge in [-0.25, -0.2) is 0 Å². The van der Waals surface area contributed by atoms with Crippen molar-refractivity contribution >= 4 is 34.6 Å². The van der Waals surface area contributed by atoms with E-state index in [0.717, 1.165) is 0 Å². The number of nitro groups is 1. The summed E-state index contributed by atoms with van der Waals surface area (Å²) in [5.74, 6) is 0. The molecule has 0 bridgehead atoms. The second kappa shape index (κ2) is 6.75. The van der Waals surface area contributed by atoms with Crippen molar-refractivity contribution < 1.29 is 15.1 Å². The third-order valence-corrected chi connectivity index (χ3v) is 2.84. The van der Waals surface area contributed by atoms with Gasteiger partial charge in [-0.1, -0.05) is 23.2 Å². The molecule has 18 heavy (non-hydrogen) atoms. The lowest BCUT2D eigenvalue weighted by atomic mass is 10.2. The topological polar surface area (TPSA) is 86.8 Å². The zero-order chi connectivity index (χ0) is 13.7. The minimum absolute atomic E-state index is 0.108. The maximum Gasteiger partial charge on any atom is 0.272 e. The molecular weight excluding hydrogens is 283 g/mol. The average molecular weight is 295 g/mol. The van der Waals surface area contributed by atoms with Gasteiger partial charge in [0.15, 0.2) is 0 Å². The predicted octanol–water partition coefficient (Wildman–Crippen LogP) is 1.69. The second-order valence-electron chi connectivity index (χ2n) is 3.45. The fraction of sp³-hybridized carbons (Fsp3) is 0.400. The summed E-state index contributed by atoms with van der Waals surface area (Å²) in [5.41, 5.74) is 0.161. The van der Waals surface area contributed by atoms with E-state index in [4.69, 9.17) is 33.4 Å². The van der Waals surface area contributed by atoms with Crippen LogP contribution in [0.15, 0.2) is 12.1 Å². The van der Waals surface area contributed by atoms with Crippen LogP contribution in [0.1, 0.15) is 0 Å². The van der Waals surface area contributed by atoms with Crippen LogP contribution in [0.3, 0.4) is 0 Å². The van der Waals surface area contributed by atoms with Gasteiger partial charge < -0.3 is 15.1 Å². The number of nitro benzene ring substituents is 1. The molecule has 1 aromatic rings. The van der Waals surface area contributed by atoms with Crippen LogP contribution in [0.2, 0.25) is 10.0 Å². The van der Waals surface area contributed by atoms with Crippen LogP contribution in [0.25, 0.3) is 0 Å². The molecule has 6 nitrogen and oxygen atoms in total. The van der Waals surface area contributed by atoms with E-state index in [1.165, 1.54) is 12.1 Å². The van der Waals surface area contributed by atoms with Gasteiger partial charge in [0.25, 0.3) is 5.69 Å². The number of hydrogen-bond donors (Lipinski definition) is 2. The lowest BCUT2D eigenvalue weighted by Crippen LogP contribution is -2.30. The molecule has 0 unspecified atom stereocenters. The highest BCUT2D eigenvalue weighted by Crippen LogP contribution is 2.37. The van der Waals surface area contributed by atoms with E-state index in [1.807, 2.05) is 0 Å². The van der Waals surface area contributed by atoms with Crippen LogP contribution in [0.4, 0.5) is 11.4 Å². The Kier molecular flexibility index (Phi) is 5.61. The second-order valence-corrected chi connectivity index (χ2v) is 4.26. The number of nitrogens with zero attached hydrogens (tertiary/aromatic N) is 2. The van der Waals surface area contributed by atoms with Crippen LogP contribution in [0.5, 0.6) is 0 Å². The summed E-state index contributed by atoms with van der Waals surface area (Å²) in [6.07, 6.45) is 0. The lowest BCUT2D eigenvalue weighted by molar-refractivity contribution is -0.384. The molecule has 1 aromatic carbocycles. The van der Waals surface area contributed by atoms with Crippen molar-refractivity contribution in [1.82, 2.24) is 0 Å². The quantitative estimate of drug-likeness (QED) is 0.616. The molecule has 1 rings (SSSR count). The number of non-ortho nitro benzene ring substituents is 1. The Morgan fingerprint density at radius 3 is 1.94 bits per heavy atom. The monoisotopic (exact) mass is 294 g/mol. The Morgan fingerprint density at radius 2 is 1.61 bits per heavy atom. The van der Waals surface area contributed by atoms with E-state index in [1.54, 1.807) is 4.90 Å². The molecule has 0 saturated carbocycles. The molecule has 0 aromatic heterocycles. The van der Waals surface area contributed by atoms with Gasteiger partial charge in [-0.05, 0) is 0 Å². The summed E-state index contributed by atoms with van der Waals surface area (Å²) in [5, 5.41) is 28.7. The van der Waals surface area contributed by atoms with E-state index in [9.17, 15) is 10.1 Å². The number of aliphatic hydroxyl groups excluding tert-OH is 2. The smallest absolute Gasteiger partial charge is 0.272 e. The zero-order valence-electron chi connectivity index (χ0n) is 9.34. The van der Waals surface area contributed by atoms with Gasteiger partial charge in [0, 0.05) is 25.2 Å². The number of rotatable bonds is 6. The van der Waals surface area contributed by atoms with Gasteiger partial charge in [-0.3, -0.25) is 10.1 Å². The van der Waals surface area contributed by atoms with Crippen molar-refractivity contribution in [3.05, 3.63) is 32.3 Å². The largest absolute Gasteiger partial charge is 0.395 e. The first kappa shape index (κ1) is 15.0. The predicted molar refractivity (Wildman–Crippen MR) is 69.5 cm³/mol. The Balaban J connectivity index is 3.18. The number of hydrogen-bond acceptors (Lipinski definition) is 5. The van der Waals surface area contributed by atoms with E-state index in [0.29, 0.717) is 5.69 Å². The van der Waals surface area contributed by atoms with E-state index in [-0.39, 0.29) is 42.0 Å². The van der Waals surface area contributed by atoms with Gasteiger partial charge in [-0.15, -0.1) is 0 Å². The van der Waals surface area contributed by atoms with Crippen molar-refractivity contribution in [2.24, 2.45) is 0 Å². The maximum atomic E-state index is 10.6. The van der Waals surface area contributed by atoms with Crippen molar-refractivity contribution in [3.63, 3.8) is 0 Å². The van der Waals surface area contributed by atoms with Crippen LogP contribution >= 0.6 is 23.2 Å². The SMILES string of the molecule is O=[N+]([O-])c1cc(Cl)c(N(CCO)CCO)c(Cl)c1. The van der Waals surface area contributed by atoms with Crippen LogP contribution in [-0.4, -0.2) is 41.4 Å². The summed E-state index contributed by atoms with van der Waals surface area (Å²) < 4.78 is 0. The first-order valence-electron chi connectivity index (χ1n) is 5.11. The molecule has 0 aliphatic rings. The number of anilines is 1. The highest BCUT2D eigenvalue weighted by Gasteiger charge is 2.18. The molecular formula is C10H12Cl2N2O4. The minimum Gasteiger partial charge on any atom is -0.395 e. The van der Waals surface area contributed by atoms with Gasteiger partial charge in [0.1, 0.15) is 0 Å². The summed E-state index contributed by atoms with van der Waals surface area (Å²) in [7, 11) is 0. The van der Waals surface area contributed by atoms with Crippen molar-refractivity contribution in [2.75, 3.05) is 31.2 Å². The fourth-order valence-electron chi connectivity index (χ4n) is 1.54. The lowest BCUT2D eigenvalue weighted by Gasteiger charge is -2.24. The van der Waals surface area contributed by atoms with E-state index >= 15 is 0 Å². The van der Waals surface area contributed by atoms with Crippen LogP contribution < -0.4 is 4.90 Å². The number of aliphatic hydroxyl groups is 2. The van der Waals surface area contributed by atoms with Gasteiger partial charge >= 0.3 is 0 Å². The molecule has 0 radical (unpaired) electrons. The molecule has 0 spiro atoms. The Morgan fingerprint density at radius 1 is 1.17 bits per heavy atom. The summed E-state index contributed by atoms with van der Waals surface area (Å²) in [6, 6.07) is 2.37. The van der Waals surface area contributed by atoms with Crippen LogP contribution in [0, 0.1) is 10.1 Å². The average Bonchev–Trinajstić information content (AvgIpc) is 2.28. The third-order valence-electron chi connectivity index (χ3n) is 2.27. The highest BCUT2D eigenvalue weighted by molar-refractivity contribution is 6.39. The molecule has 0 amide bonds. The molecule has 0 saturated heterocycles. The molecule has 0 heterocycles. The third kappa shape index (κ3) is 3.46. The zero-order valence-corrected chi connectivity index (χ0v) is 10.9. The van der Waals surface area contributed by atoms with Crippen molar-refractivity contribution in [3.8, 4) is 0 Å². The molecule has 0 aliphatic carbocycles. The molecule has 0 aliphatic heterocycles. The first-order chi connectivity index (χ1) is 8.51. The van der Waals surface area contributed by atoms with Crippen molar-refractivity contribution in [2.45, 2.75) is 0 Å². The molecule has 0 fully saturated rings. The Labute approximate surface area is 113 Å². The fourth-order valence-corrected chi connectivity index (χ4v) is 2.25. The number of benzene rings is 1. The molecule has 8 heteroatoms. The Hall–Kier alpha value is -1.08. The summed E-state index contributed by atoms with van der Waals surface area (Å²) in [4.78, 5) is 11.6. The minimum atomic E-state index is -0.593. The standard InChI is InChI=1S/C10H12Cl2N2O4/c11-8-5-7(14(17)18)6-9(12)10(8)13(1-3-15)2-4-16/h5-6,15-16H,1-4H2. The van der Waals surface area contributed by atoms with Gasteiger partial charge in [0.2, 0.25) is 0 Å². The Bertz CT molecular complexity index is 413. The molecule has 2 N–H and O–H groups in total. The van der Waals surface area contributed by atoms with Gasteiger partial charge in [-0.2, -0.15) is 0 Å². The van der Waals surface area contributed by atoms with E-state index < -0.39 is 4.92 Å². The van der Waals surface area contributed by atoms with E-state index in [2.05, 4.69) is 0 Å². The normalized spacial score (nSPS) is 10.4. The van der Waals surface area contributed by atoms with Crippen LogP contribution in [-0.2, 0) is 0 Å². The number of halogens is 2. The summed E-state index contributed by atoms with van der Waals surface area (Å²) >= 11 is 11.9. The van der Waals surface area contributed by atoms with Crippen molar-refractivity contribution in [1.29, 1.82) is 0 Å². The molecule has 100 valence electrons. The van der Waals surface area contributed by atoms with Gasteiger partial charge in [0.05, 0.1) is 33.9 Å².